The first-order valence-corrected chi connectivity index (χ1v) is 6.59. The molecule has 5 heteroatoms. The zero-order valence-corrected chi connectivity index (χ0v) is 11.1. The molecular weight excluding hydrogens is 246 g/mol. The molecule has 1 aliphatic carbocycles. The van der Waals surface area contributed by atoms with E-state index in [1.807, 2.05) is 12.1 Å². The Bertz CT molecular complexity index is 454. The van der Waals surface area contributed by atoms with Crippen LogP contribution in [0.15, 0.2) is 12.1 Å². The van der Waals surface area contributed by atoms with Gasteiger partial charge in [0.1, 0.15) is 13.2 Å². The van der Waals surface area contributed by atoms with Crippen LogP contribution < -0.4 is 19.5 Å². The van der Waals surface area contributed by atoms with Crippen molar-refractivity contribution in [2.45, 2.75) is 24.9 Å². The number of benzene rings is 1. The van der Waals surface area contributed by atoms with E-state index in [9.17, 15) is 5.11 Å². The van der Waals surface area contributed by atoms with Gasteiger partial charge in [0.25, 0.3) is 0 Å². The summed E-state index contributed by atoms with van der Waals surface area (Å²) in [6, 6.07) is 3.92. The number of aliphatic hydroxyl groups excluding tert-OH is 1. The van der Waals surface area contributed by atoms with Gasteiger partial charge in [-0.05, 0) is 30.5 Å². The molecule has 0 spiro atoms. The van der Waals surface area contributed by atoms with E-state index in [-0.39, 0.29) is 12.1 Å². The number of ether oxygens (including phenoxy) is 3. The standard InChI is InChI=1S/C14H19NO4/c1-17-11-6-10(8-15-14(9-16)2-3-14)7-12-13(11)19-5-4-18-12/h6-7,15-16H,2-5,8-9H2,1H3. The van der Waals surface area contributed by atoms with Crippen LogP contribution in [0.4, 0.5) is 0 Å². The second-order valence-electron chi connectivity index (χ2n) is 5.11. The number of hydrogen-bond acceptors (Lipinski definition) is 5. The summed E-state index contributed by atoms with van der Waals surface area (Å²) >= 11 is 0. The zero-order chi connectivity index (χ0) is 13.3. The second kappa shape index (κ2) is 4.90. The highest BCUT2D eigenvalue weighted by atomic mass is 16.6. The lowest BCUT2D eigenvalue weighted by Crippen LogP contribution is -2.34. The largest absolute Gasteiger partial charge is 0.493 e. The van der Waals surface area contributed by atoms with Crippen LogP contribution in [0.2, 0.25) is 0 Å². The predicted octanol–water partition coefficient (Wildman–Crippen LogP) is 1.08. The zero-order valence-electron chi connectivity index (χ0n) is 11.1. The molecule has 3 rings (SSSR count). The van der Waals surface area contributed by atoms with Crippen LogP contribution in [0.1, 0.15) is 18.4 Å². The molecule has 1 aliphatic heterocycles. The van der Waals surface area contributed by atoms with Gasteiger partial charge in [-0.15, -0.1) is 0 Å². The van der Waals surface area contributed by atoms with Gasteiger partial charge < -0.3 is 24.6 Å². The summed E-state index contributed by atoms with van der Waals surface area (Å²) in [5.41, 5.74) is 1.00. The van der Waals surface area contributed by atoms with E-state index in [1.54, 1.807) is 7.11 Å². The fourth-order valence-corrected chi connectivity index (χ4v) is 2.26. The van der Waals surface area contributed by atoms with Crippen molar-refractivity contribution in [2.24, 2.45) is 0 Å². The molecule has 0 radical (unpaired) electrons. The lowest BCUT2D eigenvalue weighted by Gasteiger charge is -2.22. The Hall–Kier alpha value is -1.46. The Morgan fingerprint density at radius 3 is 2.79 bits per heavy atom. The van der Waals surface area contributed by atoms with Gasteiger partial charge in [-0.25, -0.2) is 0 Å². The predicted molar refractivity (Wildman–Crippen MR) is 69.9 cm³/mol. The molecule has 0 bridgehead atoms. The summed E-state index contributed by atoms with van der Waals surface area (Å²) in [4.78, 5) is 0. The third-order valence-corrected chi connectivity index (χ3v) is 3.71. The Kier molecular flexibility index (Phi) is 3.24. The molecule has 19 heavy (non-hydrogen) atoms. The highest BCUT2D eigenvalue weighted by Crippen LogP contribution is 2.41. The molecule has 104 valence electrons. The van der Waals surface area contributed by atoms with E-state index < -0.39 is 0 Å². The molecule has 0 atom stereocenters. The molecule has 1 heterocycles. The molecule has 1 saturated carbocycles. The van der Waals surface area contributed by atoms with E-state index in [0.717, 1.165) is 24.2 Å². The first-order chi connectivity index (χ1) is 9.26. The van der Waals surface area contributed by atoms with Gasteiger partial charge in [-0.1, -0.05) is 0 Å². The number of nitrogens with one attached hydrogen (secondary N) is 1. The SMILES string of the molecule is COc1cc(CNC2(CO)CC2)cc2c1OCCO2. The van der Waals surface area contributed by atoms with Crippen molar-refractivity contribution in [1.82, 2.24) is 5.32 Å². The average Bonchev–Trinajstić information content (AvgIpc) is 3.25. The lowest BCUT2D eigenvalue weighted by molar-refractivity contribution is 0.164. The van der Waals surface area contributed by atoms with Crippen molar-refractivity contribution in [3.8, 4) is 17.2 Å². The first-order valence-electron chi connectivity index (χ1n) is 6.59. The second-order valence-corrected chi connectivity index (χ2v) is 5.11. The number of aliphatic hydroxyl groups is 1. The maximum absolute atomic E-state index is 9.30. The number of fused-ring (bicyclic) bond motifs is 1. The third kappa shape index (κ3) is 2.48. The van der Waals surface area contributed by atoms with Crippen LogP contribution >= 0.6 is 0 Å². The third-order valence-electron chi connectivity index (χ3n) is 3.71. The van der Waals surface area contributed by atoms with E-state index in [0.29, 0.717) is 31.3 Å². The normalized spacial score (nSPS) is 19.1. The van der Waals surface area contributed by atoms with Crippen LogP contribution in [0.25, 0.3) is 0 Å². The Morgan fingerprint density at radius 2 is 2.11 bits per heavy atom. The number of hydrogen-bond donors (Lipinski definition) is 2. The summed E-state index contributed by atoms with van der Waals surface area (Å²) in [7, 11) is 1.63. The summed E-state index contributed by atoms with van der Waals surface area (Å²) < 4.78 is 16.5. The smallest absolute Gasteiger partial charge is 0.203 e. The summed E-state index contributed by atoms with van der Waals surface area (Å²) in [6.07, 6.45) is 2.07. The van der Waals surface area contributed by atoms with Gasteiger partial charge in [0, 0.05) is 12.1 Å². The van der Waals surface area contributed by atoms with Gasteiger partial charge in [0.2, 0.25) is 5.75 Å². The molecular formula is C14H19NO4. The van der Waals surface area contributed by atoms with Gasteiger partial charge >= 0.3 is 0 Å². The molecule has 1 aromatic carbocycles. The van der Waals surface area contributed by atoms with Gasteiger partial charge in [0.15, 0.2) is 11.5 Å². The highest BCUT2D eigenvalue weighted by Gasteiger charge is 2.41. The summed E-state index contributed by atoms with van der Waals surface area (Å²) in [5, 5.41) is 12.7. The minimum atomic E-state index is -0.0690. The van der Waals surface area contributed by atoms with Crippen molar-refractivity contribution in [3.63, 3.8) is 0 Å². The molecule has 0 saturated heterocycles. The van der Waals surface area contributed by atoms with Gasteiger partial charge in [0.05, 0.1) is 13.7 Å². The maximum atomic E-state index is 9.30. The molecule has 0 amide bonds. The van der Waals surface area contributed by atoms with Crippen molar-refractivity contribution in [1.29, 1.82) is 0 Å². The fourth-order valence-electron chi connectivity index (χ4n) is 2.26. The minimum Gasteiger partial charge on any atom is -0.493 e. The molecule has 1 aromatic rings. The molecule has 0 aromatic heterocycles. The van der Waals surface area contributed by atoms with Gasteiger partial charge in [-0.2, -0.15) is 0 Å². The highest BCUT2D eigenvalue weighted by molar-refractivity contribution is 5.54. The Labute approximate surface area is 112 Å². The van der Waals surface area contributed by atoms with Crippen molar-refractivity contribution in [2.75, 3.05) is 26.9 Å². The fraction of sp³-hybridized carbons (Fsp3) is 0.571. The van der Waals surface area contributed by atoms with Crippen LogP contribution in [0, 0.1) is 0 Å². The van der Waals surface area contributed by atoms with E-state index >= 15 is 0 Å². The van der Waals surface area contributed by atoms with E-state index in [1.165, 1.54) is 0 Å². The Balaban J connectivity index is 1.78. The number of rotatable bonds is 5. The molecule has 1 fully saturated rings. The molecule has 0 unspecified atom stereocenters. The molecule has 2 N–H and O–H groups in total. The van der Waals surface area contributed by atoms with Crippen molar-refractivity contribution >= 4 is 0 Å². The lowest BCUT2D eigenvalue weighted by atomic mass is 10.1. The van der Waals surface area contributed by atoms with E-state index in [4.69, 9.17) is 14.2 Å². The van der Waals surface area contributed by atoms with Crippen LogP contribution in [-0.4, -0.2) is 37.6 Å². The van der Waals surface area contributed by atoms with E-state index in [2.05, 4.69) is 5.32 Å². The monoisotopic (exact) mass is 265 g/mol. The number of methoxy groups -OCH3 is 1. The molecule has 5 nitrogen and oxygen atoms in total. The van der Waals surface area contributed by atoms with Crippen LogP contribution in [-0.2, 0) is 6.54 Å². The van der Waals surface area contributed by atoms with Crippen LogP contribution in [0.5, 0.6) is 17.2 Å². The van der Waals surface area contributed by atoms with Crippen molar-refractivity contribution < 1.29 is 19.3 Å². The average molecular weight is 265 g/mol. The maximum Gasteiger partial charge on any atom is 0.203 e. The van der Waals surface area contributed by atoms with Crippen LogP contribution in [0.3, 0.4) is 0 Å². The topological polar surface area (TPSA) is 60.0 Å². The first kappa shape index (κ1) is 12.6. The molecule has 2 aliphatic rings. The van der Waals surface area contributed by atoms with Crippen molar-refractivity contribution in [3.05, 3.63) is 17.7 Å². The summed E-state index contributed by atoms with van der Waals surface area (Å²) in [5.74, 6) is 2.11. The summed E-state index contributed by atoms with van der Waals surface area (Å²) in [6.45, 7) is 1.99. The quantitative estimate of drug-likeness (QED) is 0.834. The van der Waals surface area contributed by atoms with Gasteiger partial charge in [-0.3, -0.25) is 0 Å². The minimum absolute atomic E-state index is 0.0690. The Morgan fingerprint density at radius 1 is 1.32 bits per heavy atom.